The number of pyridine rings is 1. The summed E-state index contributed by atoms with van der Waals surface area (Å²) in [5.41, 5.74) is 6.13. The highest BCUT2D eigenvalue weighted by molar-refractivity contribution is 5.94. The highest BCUT2D eigenvalue weighted by Crippen LogP contribution is 2.04. The Morgan fingerprint density at radius 1 is 1.56 bits per heavy atom. The lowest BCUT2D eigenvalue weighted by atomic mass is 10.1. The van der Waals surface area contributed by atoms with Crippen LogP contribution in [0.3, 0.4) is 0 Å². The fourth-order valence-corrected chi connectivity index (χ4v) is 1.34. The van der Waals surface area contributed by atoms with Crippen LogP contribution >= 0.6 is 0 Å². The average molecular weight is 223 g/mol. The zero-order valence-corrected chi connectivity index (χ0v) is 9.56. The lowest BCUT2D eigenvalue weighted by molar-refractivity contribution is -0.117. The Labute approximate surface area is 94.3 Å². The van der Waals surface area contributed by atoms with Gasteiger partial charge < -0.3 is 15.6 Å². The van der Waals surface area contributed by atoms with Gasteiger partial charge in [-0.15, -0.1) is 0 Å². The Balaban J connectivity index is 2.70. The molecule has 16 heavy (non-hydrogen) atoms. The lowest BCUT2D eigenvalue weighted by Crippen LogP contribution is -2.35. The number of anilines is 1. The Morgan fingerprint density at radius 2 is 2.25 bits per heavy atom. The van der Waals surface area contributed by atoms with Gasteiger partial charge >= 0.3 is 0 Å². The normalized spacial score (nSPS) is 12.2. The minimum absolute atomic E-state index is 0.115. The van der Waals surface area contributed by atoms with E-state index in [0.717, 1.165) is 6.42 Å². The Hall–Kier alpha value is -1.62. The minimum atomic E-state index is -0.498. The number of aryl methyl sites for hydroxylation is 1. The van der Waals surface area contributed by atoms with E-state index < -0.39 is 6.04 Å². The molecule has 0 fully saturated rings. The van der Waals surface area contributed by atoms with E-state index in [2.05, 4.69) is 5.32 Å². The molecule has 0 aliphatic rings. The molecule has 1 aromatic rings. The number of carbonyl (C=O) groups is 1. The minimum Gasteiger partial charge on any atom is -0.323 e. The van der Waals surface area contributed by atoms with Gasteiger partial charge in [-0.05, 0) is 12.5 Å². The summed E-state index contributed by atoms with van der Waals surface area (Å²) in [6.07, 6.45) is 3.08. The molecular weight excluding hydrogens is 206 g/mol. The molecule has 0 radical (unpaired) electrons. The van der Waals surface area contributed by atoms with E-state index in [1.54, 1.807) is 19.3 Å². The Kier molecular flexibility index (Phi) is 4.25. The number of hydrogen-bond acceptors (Lipinski definition) is 3. The first kappa shape index (κ1) is 12.4. The molecule has 0 spiro atoms. The monoisotopic (exact) mass is 223 g/mol. The van der Waals surface area contributed by atoms with Crippen molar-refractivity contribution in [3.05, 3.63) is 28.7 Å². The summed E-state index contributed by atoms with van der Waals surface area (Å²) in [5, 5.41) is 2.67. The molecule has 1 rings (SSSR count). The number of amides is 1. The second-order valence-corrected chi connectivity index (χ2v) is 3.75. The van der Waals surface area contributed by atoms with Crippen molar-refractivity contribution in [2.24, 2.45) is 12.8 Å². The van der Waals surface area contributed by atoms with E-state index in [-0.39, 0.29) is 11.5 Å². The molecule has 5 heteroatoms. The number of nitrogens with one attached hydrogen (secondary N) is 1. The van der Waals surface area contributed by atoms with Crippen LogP contribution in [0.4, 0.5) is 5.69 Å². The van der Waals surface area contributed by atoms with Crippen molar-refractivity contribution in [2.75, 3.05) is 5.32 Å². The number of carbonyl (C=O) groups excluding carboxylic acids is 1. The van der Waals surface area contributed by atoms with Crippen LogP contribution in [0.15, 0.2) is 23.1 Å². The van der Waals surface area contributed by atoms with Crippen LogP contribution < -0.4 is 16.6 Å². The molecule has 0 aliphatic heterocycles. The highest BCUT2D eigenvalue weighted by atomic mass is 16.2. The van der Waals surface area contributed by atoms with E-state index >= 15 is 0 Å². The second kappa shape index (κ2) is 5.46. The third kappa shape index (κ3) is 3.20. The fourth-order valence-electron chi connectivity index (χ4n) is 1.34. The topological polar surface area (TPSA) is 77.1 Å². The van der Waals surface area contributed by atoms with Crippen molar-refractivity contribution in [2.45, 2.75) is 25.8 Å². The zero-order chi connectivity index (χ0) is 12.1. The highest BCUT2D eigenvalue weighted by Gasteiger charge is 2.12. The third-order valence-electron chi connectivity index (χ3n) is 2.29. The summed E-state index contributed by atoms with van der Waals surface area (Å²) in [7, 11) is 1.63. The first-order valence-corrected chi connectivity index (χ1v) is 5.27. The average Bonchev–Trinajstić information content (AvgIpc) is 2.24. The molecule has 3 N–H and O–H groups in total. The summed E-state index contributed by atoms with van der Waals surface area (Å²) in [4.78, 5) is 22.7. The van der Waals surface area contributed by atoms with Crippen molar-refractivity contribution in [3.63, 3.8) is 0 Å². The molecule has 1 aromatic heterocycles. The molecule has 1 amide bonds. The molecule has 0 aromatic carbocycles. The van der Waals surface area contributed by atoms with Gasteiger partial charge in [0, 0.05) is 19.3 Å². The number of nitrogens with two attached hydrogens (primary N) is 1. The van der Waals surface area contributed by atoms with E-state index in [1.807, 2.05) is 6.92 Å². The van der Waals surface area contributed by atoms with E-state index in [9.17, 15) is 9.59 Å². The third-order valence-corrected chi connectivity index (χ3v) is 2.29. The van der Waals surface area contributed by atoms with Crippen LogP contribution in [0, 0.1) is 0 Å². The fraction of sp³-hybridized carbons (Fsp3) is 0.455. The maximum atomic E-state index is 11.6. The summed E-state index contributed by atoms with van der Waals surface area (Å²) in [6.45, 7) is 1.97. The predicted octanol–water partition coefficient (Wildman–Crippen LogP) is 0.451. The first-order valence-electron chi connectivity index (χ1n) is 5.27. The van der Waals surface area contributed by atoms with Crippen LogP contribution in [-0.2, 0) is 11.8 Å². The maximum absolute atomic E-state index is 11.6. The van der Waals surface area contributed by atoms with Crippen LogP contribution in [0.25, 0.3) is 0 Å². The number of nitrogens with zero attached hydrogens (tertiary/aromatic N) is 1. The van der Waals surface area contributed by atoms with Crippen molar-refractivity contribution in [1.29, 1.82) is 0 Å². The van der Waals surface area contributed by atoms with Crippen molar-refractivity contribution in [3.8, 4) is 0 Å². The summed E-state index contributed by atoms with van der Waals surface area (Å²) < 4.78 is 1.40. The van der Waals surface area contributed by atoms with Crippen LogP contribution in [0.2, 0.25) is 0 Å². The zero-order valence-electron chi connectivity index (χ0n) is 9.56. The van der Waals surface area contributed by atoms with Crippen molar-refractivity contribution >= 4 is 11.6 Å². The second-order valence-electron chi connectivity index (χ2n) is 3.75. The molecule has 1 heterocycles. The van der Waals surface area contributed by atoms with E-state index in [0.29, 0.717) is 12.1 Å². The van der Waals surface area contributed by atoms with Crippen molar-refractivity contribution in [1.82, 2.24) is 4.57 Å². The van der Waals surface area contributed by atoms with Crippen LogP contribution in [0.5, 0.6) is 0 Å². The van der Waals surface area contributed by atoms with Crippen LogP contribution in [0.1, 0.15) is 19.8 Å². The molecular formula is C11H17N3O2. The summed E-state index contributed by atoms with van der Waals surface area (Å²) in [5.74, 6) is -0.222. The SMILES string of the molecule is CCC[C@H](N)C(=O)Nc1ccc(=O)n(C)c1. The van der Waals surface area contributed by atoms with Gasteiger partial charge in [0.1, 0.15) is 0 Å². The molecule has 0 saturated carbocycles. The molecule has 0 bridgehead atoms. The van der Waals surface area contributed by atoms with Gasteiger partial charge in [-0.3, -0.25) is 9.59 Å². The largest absolute Gasteiger partial charge is 0.323 e. The van der Waals surface area contributed by atoms with E-state index in [4.69, 9.17) is 5.73 Å². The smallest absolute Gasteiger partial charge is 0.250 e. The Bertz CT molecular complexity index is 425. The standard InChI is InChI=1S/C11H17N3O2/c1-3-4-9(12)11(16)13-8-5-6-10(15)14(2)7-8/h5-7,9H,3-4,12H2,1-2H3,(H,13,16)/t9-/m0/s1. The van der Waals surface area contributed by atoms with Gasteiger partial charge in [-0.25, -0.2) is 0 Å². The van der Waals surface area contributed by atoms with E-state index in [1.165, 1.54) is 10.6 Å². The van der Waals surface area contributed by atoms with Gasteiger partial charge in [0.15, 0.2) is 0 Å². The Morgan fingerprint density at radius 3 is 2.81 bits per heavy atom. The summed E-state index contributed by atoms with van der Waals surface area (Å²) in [6, 6.07) is 2.47. The molecule has 0 aliphatic carbocycles. The van der Waals surface area contributed by atoms with Gasteiger partial charge in [-0.2, -0.15) is 0 Å². The molecule has 0 saturated heterocycles. The van der Waals surface area contributed by atoms with Gasteiger partial charge in [0.2, 0.25) is 11.5 Å². The van der Waals surface area contributed by atoms with Crippen molar-refractivity contribution < 1.29 is 4.79 Å². The number of rotatable bonds is 4. The van der Waals surface area contributed by atoms with Gasteiger partial charge in [0.05, 0.1) is 11.7 Å². The first-order chi connectivity index (χ1) is 7.54. The molecule has 5 nitrogen and oxygen atoms in total. The molecule has 0 unspecified atom stereocenters. The number of aromatic nitrogens is 1. The quantitative estimate of drug-likeness (QED) is 0.778. The molecule has 1 atom stereocenters. The lowest BCUT2D eigenvalue weighted by Gasteiger charge is -2.11. The number of hydrogen-bond donors (Lipinski definition) is 2. The van der Waals surface area contributed by atoms with Crippen LogP contribution in [-0.4, -0.2) is 16.5 Å². The van der Waals surface area contributed by atoms with Gasteiger partial charge in [-0.1, -0.05) is 13.3 Å². The van der Waals surface area contributed by atoms with Gasteiger partial charge in [0.25, 0.3) is 0 Å². The maximum Gasteiger partial charge on any atom is 0.250 e. The molecule has 88 valence electrons. The predicted molar refractivity (Wildman–Crippen MR) is 63.2 cm³/mol. The summed E-state index contributed by atoms with van der Waals surface area (Å²) >= 11 is 0.